The van der Waals surface area contributed by atoms with Crippen LogP contribution in [0.1, 0.15) is 30.1 Å². The molecule has 0 aliphatic carbocycles. The summed E-state index contributed by atoms with van der Waals surface area (Å²) in [7, 11) is 3.49. The monoisotopic (exact) mass is 292 g/mol. The van der Waals surface area contributed by atoms with Crippen molar-refractivity contribution in [1.29, 1.82) is 0 Å². The largest absolute Gasteiger partial charge is 0.465 e. The number of carbonyl (C=O) groups is 1. The lowest BCUT2D eigenvalue weighted by atomic mass is 10.1. The van der Waals surface area contributed by atoms with E-state index < -0.39 is 5.97 Å². The second-order valence-corrected chi connectivity index (χ2v) is 5.46. The minimum atomic E-state index is -0.420. The molecule has 1 aliphatic rings. The molecule has 21 heavy (non-hydrogen) atoms. The summed E-state index contributed by atoms with van der Waals surface area (Å²) in [6.07, 6.45) is 3.68. The Balaban J connectivity index is 2.37. The predicted octanol–water partition coefficient (Wildman–Crippen LogP) is 1.37. The van der Waals surface area contributed by atoms with Gasteiger partial charge in [-0.2, -0.15) is 0 Å². The Morgan fingerprint density at radius 3 is 2.95 bits per heavy atom. The van der Waals surface area contributed by atoms with Gasteiger partial charge in [0.25, 0.3) is 0 Å². The minimum Gasteiger partial charge on any atom is -0.465 e. The molecule has 0 saturated carbocycles. The summed E-state index contributed by atoms with van der Waals surface area (Å²) in [5, 5.41) is 0. The van der Waals surface area contributed by atoms with Crippen LogP contribution in [0.3, 0.4) is 0 Å². The van der Waals surface area contributed by atoms with Crippen molar-refractivity contribution in [2.24, 2.45) is 0 Å². The third-order valence-electron chi connectivity index (χ3n) is 4.02. The number of aromatic nitrogens is 1. The topological polar surface area (TPSA) is 71.7 Å². The molecule has 1 saturated heterocycles. The summed E-state index contributed by atoms with van der Waals surface area (Å²) in [5.74, 6) is 0.274. The van der Waals surface area contributed by atoms with E-state index in [1.807, 2.05) is 0 Å². The highest BCUT2D eigenvalue weighted by atomic mass is 16.5. The molecule has 1 unspecified atom stereocenters. The molecule has 0 bridgehead atoms. The number of anilines is 2. The van der Waals surface area contributed by atoms with Gasteiger partial charge in [-0.25, -0.2) is 9.78 Å². The van der Waals surface area contributed by atoms with Crippen molar-refractivity contribution in [3.8, 4) is 0 Å². The van der Waals surface area contributed by atoms with Crippen LogP contribution in [0, 0.1) is 0 Å². The smallest absolute Gasteiger partial charge is 0.340 e. The van der Waals surface area contributed by atoms with Gasteiger partial charge in [0.15, 0.2) is 5.82 Å². The summed E-state index contributed by atoms with van der Waals surface area (Å²) in [4.78, 5) is 20.8. The van der Waals surface area contributed by atoms with Crippen molar-refractivity contribution in [2.75, 3.05) is 44.4 Å². The van der Waals surface area contributed by atoms with E-state index in [1.165, 1.54) is 7.11 Å². The fourth-order valence-electron chi connectivity index (χ4n) is 2.85. The van der Waals surface area contributed by atoms with Crippen LogP contribution in [0.15, 0.2) is 12.3 Å². The number of carbonyl (C=O) groups excluding carboxylic acids is 1. The first kappa shape index (κ1) is 15.6. The normalized spacial score (nSPS) is 20.1. The van der Waals surface area contributed by atoms with Crippen LogP contribution in [0.2, 0.25) is 0 Å². The molecule has 1 fully saturated rings. The number of hydrogen-bond donors (Lipinski definition) is 1. The van der Waals surface area contributed by atoms with E-state index in [1.54, 1.807) is 12.3 Å². The fraction of sp³-hybridized carbons (Fsp3) is 0.600. The number of pyridine rings is 1. The molecule has 1 aliphatic heterocycles. The van der Waals surface area contributed by atoms with Gasteiger partial charge in [-0.3, -0.25) is 0 Å². The number of nitrogens with zero attached hydrogens (tertiary/aromatic N) is 3. The molecular weight excluding hydrogens is 268 g/mol. The minimum absolute atomic E-state index is 0.347. The van der Waals surface area contributed by atoms with Crippen LogP contribution in [0.25, 0.3) is 0 Å². The van der Waals surface area contributed by atoms with Crippen molar-refractivity contribution in [3.63, 3.8) is 0 Å². The summed E-state index contributed by atoms with van der Waals surface area (Å²) >= 11 is 0. The molecule has 1 aromatic rings. The fourth-order valence-corrected chi connectivity index (χ4v) is 2.85. The number of esters is 1. The number of nitrogens with two attached hydrogens (primary N) is 1. The molecule has 2 N–H and O–H groups in total. The first-order chi connectivity index (χ1) is 10.1. The van der Waals surface area contributed by atoms with Crippen LogP contribution in [0.5, 0.6) is 0 Å². The lowest BCUT2D eigenvalue weighted by Crippen LogP contribution is -2.40. The van der Waals surface area contributed by atoms with Gasteiger partial charge in [-0.1, -0.05) is 6.92 Å². The predicted molar refractivity (Wildman–Crippen MR) is 83.5 cm³/mol. The summed E-state index contributed by atoms with van der Waals surface area (Å²) in [5.41, 5.74) is 6.97. The van der Waals surface area contributed by atoms with E-state index in [0.29, 0.717) is 23.1 Å². The average molecular weight is 292 g/mol. The van der Waals surface area contributed by atoms with Crippen LogP contribution < -0.4 is 10.6 Å². The summed E-state index contributed by atoms with van der Waals surface area (Å²) in [6.45, 7) is 5.09. The lowest BCUT2D eigenvalue weighted by molar-refractivity contribution is 0.0602. The van der Waals surface area contributed by atoms with Gasteiger partial charge in [-0.05, 0) is 32.5 Å². The molecule has 116 valence electrons. The molecule has 0 spiro atoms. The van der Waals surface area contributed by atoms with Crippen LogP contribution in [-0.2, 0) is 4.74 Å². The zero-order valence-corrected chi connectivity index (χ0v) is 13.0. The number of hydrogen-bond acceptors (Lipinski definition) is 6. The molecule has 2 rings (SSSR count). The maximum atomic E-state index is 11.8. The molecule has 2 heterocycles. The van der Waals surface area contributed by atoms with Crippen LogP contribution >= 0.6 is 0 Å². The standard InChI is InChI=1S/C15H24N4O2/c1-4-11-10-18(2)8-5-9-19(11)14-13(16)12(6-7-17-14)15(20)21-3/h6-7,11H,4-5,8-10,16H2,1-3H3. The van der Waals surface area contributed by atoms with Gasteiger partial charge < -0.3 is 20.3 Å². The maximum absolute atomic E-state index is 11.8. The second-order valence-electron chi connectivity index (χ2n) is 5.46. The van der Waals surface area contributed by atoms with Gasteiger partial charge >= 0.3 is 5.97 Å². The molecule has 6 heteroatoms. The first-order valence-corrected chi connectivity index (χ1v) is 7.36. The van der Waals surface area contributed by atoms with E-state index in [-0.39, 0.29) is 0 Å². The van der Waals surface area contributed by atoms with Crippen molar-refractivity contribution in [1.82, 2.24) is 9.88 Å². The van der Waals surface area contributed by atoms with Crippen LogP contribution in [-0.4, -0.2) is 55.7 Å². The molecule has 0 radical (unpaired) electrons. The second kappa shape index (κ2) is 6.76. The van der Waals surface area contributed by atoms with Gasteiger partial charge in [0.2, 0.25) is 0 Å². The van der Waals surface area contributed by atoms with Crippen LogP contribution in [0.4, 0.5) is 11.5 Å². The zero-order valence-electron chi connectivity index (χ0n) is 13.0. The van der Waals surface area contributed by atoms with Crippen molar-refractivity contribution >= 4 is 17.5 Å². The quantitative estimate of drug-likeness (QED) is 0.848. The summed E-state index contributed by atoms with van der Waals surface area (Å²) < 4.78 is 4.78. The molecule has 0 amide bonds. The molecule has 0 aromatic carbocycles. The van der Waals surface area contributed by atoms with Crippen molar-refractivity contribution < 1.29 is 9.53 Å². The van der Waals surface area contributed by atoms with Gasteiger partial charge in [0, 0.05) is 25.3 Å². The molecule has 6 nitrogen and oxygen atoms in total. The maximum Gasteiger partial charge on any atom is 0.340 e. The third-order valence-corrected chi connectivity index (χ3v) is 4.02. The Bertz CT molecular complexity index is 506. The lowest BCUT2D eigenvalue weighted by Gasteiger charge is -2.32. The SMILES string of the molecule is CCC1CN(C)CCCN1c1nccc(C(=O)OC)c1N. The highest BCUT2D eigenvalue weighted by Gasteiger charge is 2.26. The summed E-state index contributed by atoms with van der Waals surface area (Å²) in [6, 6.07) is 1.95. The zero-order chi connectivity index (χ0) is 15.4. The number of ether oxygens (including phenoxy) is 1. The average Bonchev–Trinajstić information content (AvgIpc) is 2.68. The third kappa shape index (κ3) is 3.26. The van der Waals surface area contributed by atoms with E-state index in [2.05, 4.69) is 28.8 Å². The first-order valence-electron chi connectivity index (χ1n) is 7.36. The Hall–Kier alpha value is -1.82. The number of methoxy groups -OCH3 is 1. The molecular formula is C15H24N4O2. The highest BCUT2D eigenvalue weighted by Crippen LogP contribution is 2.28. The number of rotatable bonds is 3. The number of nitrogen functional groups attached to an aromatic ring is 1. The Labute approximate surface area is 125 Å². The van der Waals surface area contributed by atoms with Crippen molar-refractivity contribution in [3.05, 3.63) is 17.8 Å². The Morgan fingerprint density at radius 1 is 1.52 bits per heavy atom. The van der Waals surface area contributed by atoms with Gasteiger partial charge in [-0.15, -0.1) is 0 Å². The molecule has 1 atom stereocenters. The van der Waals surface area contributed by atoms with E-state index in [0.717, 1.165) is 32.5 Å². The van der Waals surface area contributed by atoms with E-state index in [4.69, 9.17) is 10.5 Å². The van der Waals surface area contributed by atoms with Crippen molar-refractivity contribution in [2.45, 2.75) is 25.8 Å². The van der Waals surface area contributed by atoms with Gasteiger partial charge in [0.1, 0.15) is 0 Å². The Kier molecular flexibility index (Phi) is 5.01. The Morgan fingerprint density at radius 2 is 2.29 bits per heavy atom. The van der Waals surface area contributed by atoms with E-state index >= 15 is 0 Å². The highest BCUT2D eigenvalue weighted by molar-refractivity contribution is 5.97. The molecule has 1 aromatic heterocycles. The number of likely N-dealkylation sites (N-methyl/N-ethyl adjacent to an activating group) is 1. The van der Waals surface area contributed by atoms with Gasteiger partial charge in [0.05, 0.1) is 18.4 Å². The van der Waals surface area contributed by atoms with E-state index in [9.17, 15) is 4.79 Å².